The Bertz CT molecular complexity index is 2060. The van der Waals surface area contributed by atoms with E-state index in [1.807, 2.05) is 51.2 Å². The van der Waals surface area contributed by atoms with E-state index in [2.05, 4.69) is 0 Å². The number of nitrogens with zero attached hydrogens (tertiary/aromatic N) is 1. The van der Waals surface area contributed by atoms with Gasteiger partial charge in [0.2, 0.25) is 5.79 Å². The first-order valence-electron chi connectivity index (χ1n) is 27.1. The first-order chi connectivity index (χ1) is 35.5. The highest BCUT2D eigenvalue weighted by Crippen LogP contribution is 2.48. The van der Waals surface area contributed by atoms with Gasteiger partial charge < -0.3 is 57.7 Å². The van der Waals surface area contributed by atoms with Crippen molar-refractivity contribution in [3.8, 4) is 0 Å². The van der Waals surface area contributed by atoms with Crippen molar-refractivity contribution in [3.05, 3.63) is 47.6 Å². The molecule has 1 unspecified atom stereocenters. The number of amides is 1. The predicted octanol–water partition coefficient (Wildman–Crippen LogP) is 7.05. The van der Waals surface area contributed by atoms with Gasteiger partial charge in [-0.05, 0) is 107 Å². The van der Waals surface area contributed by atoms with Crippen LogP contribution in [0.15, 0.2) is 47.6 Å². The molecule has 2 saturated heterocycles. The number of ether oxygens (including phenoxy) is 6. The molecule has 0 aromatic rings. The van der Waals surface area contributed by atoms with Gasteiger partial charge in [0.15, 0.2) is 5.78 Å². The zero-order valence-electron chi connectivity index (χ0n) is 46.5. The molecule has 75 heavy (non-hydrogen) atoms. The van der Waals surface area contributed by atoms with Crippen LogP contribution < -0.4 is 0 Å². The molecule has 3 heterocycles. The molecular formula is C56H90NO17P. The molecule has 0 aromatic heterocycles. The lowest BCUT2D eigenvalue weighted by Gasteiger charge is -2.42. The number of allylic oxidation sites excluding steroid dienone is 6. The van der Waals surface area contributed by atoms with E-state index in [9.17, 15) is 38.8 Å². The normalized spacial score (nSPS) is 37.5. The van der Waals surface area contributed by atoms with E-state index in [-0.39, 0.29) is 69.2 Å². The van der Waals surface area contributed by atoms with Gasteiger partial charge in [-0.1, -0.05) is 71.1 Å². The summed E-state index contributed by atoms with van der Waals surface area (Å²) in [4.78, 5) is 72.6. The smallest absolute Gasteiger partial charge is 0.329 e. The number of fused-ring (bicyclic) bond motifs is 3. The Balaban J connectivity index is 1.66. The minimum atomic E-state index is -3.51. The van der Waals surface area contributed by atoms with Gasteiger partial charge in [0.1, 0.15) is 30.1 Å². The molecular weight excluding hydrogens is 990 g/mol. The number of carbonyl (C=O) groups excluding carboxylic acids is 5. The van der Waals surface area contributed by atoms with Crippen LogP contribution >= 0.6 is 7.60 Å². The molecule has 3 fully saturated rings. The lowest BCUT2D eigenvalue weighted by atomic mass is 9.78. The average molecular weight is 1080 g/mol. The van der Waals surface area contributed by atoms with Gasteiger partial charge in [0.25, 0.3) is 11.7 Å². The fourth-order valence-corrected chi connectivity index (χ4v) is 12.1. The molecule has 2 bridgehead atoms. The lowest BCUT2D eigenvalue weighted by molar-refractivity contribution is -0.265. The van der Waals surface area contributed by atoms with E-state index in [1.165, 1.54) is 18.7 Å². The van der Waals surface area contributed by atoms with Gasteiger partial charge in [0, 0.05) is 65.1 Å². The fourth-order valence-electron chi connectivity index (χ4n) is 10.9. The summed E-state index contributed by atoms with van der Waals surface area (Å²) in [6, 6.07) is -1.19. The number of esters is 1. The zero-order chi connectivity index (χ0) is 55.6. The molecule has 3 N–H and O–H groups in total. The van der Waals surface area contributed by atoms with Crippen LogP contribution in [-0.4, -0.2) is 165 Å². The maximum atomic E-state index is 14.6. The van der Waals surface area contributed by atoms with Crippen LogP contribution in [0.4, 0.5) is 0 Å². The molecule has 0 aromatic carbocycles. The van der Waals surface area contributed by atoms with E-state index in [0.29, 0.717) is 69.8 Å². The average Bonchev–Trinajstić information content (AvgIpc) is 3.37. The molecule has 426 valence electrons. The fraction of sp³-hybridized carbons (Fsp3) is 0.768. The molecule has 4 aliphatic rings. The van der Waals surface area contributed by atoms with E-state index in [4.69, 9.17) is 42.6 Å². The van der Waals surface area contributed by atoms with Gasteiger partial charge >= 0.3 is 13.6 Å². The van der Waals surface area contributed by atoms with Crippen LogP contribution in [0.1, 0.15) is 126 Å². The highest BCUT2D eigenvalue weighted by atomic mass is 31.2. The maximum absolute atomic E-state index is 14.6. The standard InChI is InChI=1S/C56H90NO17P/c1-35-17-13-12-14-18-36(2)47(67-8)33-43-22-20-41(7)56(65,73-43)53(62)54(63)57-24-16-15-19-44(57)55(64)72-48(34-45(59)37(3)30-40(6)51(61)52(69-10)50(60)39(5)29-35)38(4)31-42-21-23-46(49(32-42)68-9)74-75(11,66)71-28-27-70-26-25-58/h12-14,17-18,30,35,37-39,41-44,46-49,51-52,58,61,65H,15-16,19-29,31-34H2,1-11H3/b14-12+,17-13+,36-18+,40-30+/t35-,37-,38-,39-,41-,42+,43+,44+,46-,47+,48+,49-,51-,52+,56-,75?/m1/s1. The van der Waals surface area contributed by atoms with Crippen molar-refractivity contribution in [2.45, 2.75) is 180 Å². The van der Waals surface area contributed by atoms with Crippen molar-refractivity contribution in [3.63, 3.8) is 0 Å². The Labute approximate surface area is 445 Å². The third-order valence-electron chi connectivity index (χ3n) is 15.6. The summed E-state index contributed by atoms with van der Waals surface area (Å²) in [5.74, 6) is -8.47. The molecule has 1 aliphatic carbocycles. The van der Waals surface area contributed by atoms with Crippen molar-refractivity contribution in [2.75, 3.05) is 61.0 Å². The van der Waals surface area contributed by atoms with Crippen LogP contribution in [0.5, 0.6) is 0 Å². The quantitative estimate of drug-likeness (QED) is 0.0519. The highest BCUT2D eigenvalue weighted by Gasteiger charge is 2.53. The van der Waals surface area contributed by atoms with Crippen molar-refractivity contribution >= 4 is 36.8 Å². The molecule has 3 aliphatic heterocycles. The largest absolute Gasteiger partial charge is 0.460 e. The van der Waals surface area contributed by atoms with Gasteiger partial charge in [-0.15, -0.1) is 0 Å². The Morgan fingerprint density at radius 1 is 0.853 bits per heavy atom. The monoisotopic (exact) mass is 1080 g/mol. The number of Topliss-reactive ketones (excluding diaryl/α,β-unsaturated/α-hetero) is 3. The van der Waals surface area contributed by atoms with Crippen molar-refractivity contribution < 1.29 is 81.3 Å². The number of carbonyl (C=O) groups is 5. The summed E-state index contributed by atoms with van der Waals surface area (Å²) >= 11 is 0. The van der Waals surface area contributed by atoms with Gasteiger partial charge in [-0.3, -0.25) is 23.7 Å². The first kappa shape index (κ1) is 64.3. The summed E-state index contributed by atoms with van der Waals surface area (Å²) < 4.78 is 59.8. The summed E-state index contributed by atoms with van der Waals surface area (Å²) in [5.41, 5.74) is 1.22. The lowest BCUT2D eigenvalue weighted by Crippen LogP contribution is -2.61. The predicted molar refractivity (Wildman–Crippen MR) is 281 cm³/mol. The molecule has 0 spiro atoms. The third kappa shape index (κ3) is 18.7. The van der Waals surface area contributed by atoms with Crippen LogP contribution in [0.2, 0.25) is 0 Å². The second kappa shape index (κ2) is 30.8. The third-order valence-corrected chi connectivity index (χ3v) is 16.9. The van der Waals surface area contributed by atoms with E-state index in [1.54, 1.807) is 48.0 Å². The van der Waals surface area contributed by atoms with Crippen LogP contribution in [-0.2, 0) is 66.0 Å². The number of methoxy groups -OCH3 is 3. The van der Waals surface area contributed by atoms with Gasteiger partial charge in [0.05, 0.1) is 50.8 Å². The minimum absolute atomic E-state index is 0.000234. The highest BCUT2D eigenvalue weighted by molar-refractivity contribution is 7.53. The van der Waals surface area contributed by atoms with Crippen molar-refractivity contribution in [1.29, 1.82) is 0 Å². The minimum Gasteiger partial charge on any atom is -0.460 e. The molecule has 16 atom stereocenters. The summed E-state index contributed by atoms with van der Waals surface area (Å²) in [6.45, 7) is 14.1. The number of hydrogen-bond donors (Lipinski definition) is 3. The number of ketones is 3. The van der Waals surface area contributed by atoms with Gasteiger partial charge in [-0.2, -0.15) is 0 Å². The van der Waals surface area contributed by atoms with E-state index in [0.717, 1.165) is 5.57 Å². The summed E-state index contributed by atoms with van der Waals surface area (Å²) in [6.07, 6.45) is 10.3. The molecule has 4 rings (SSSR count). The number of hydrogen-bond acceptors (Lipinski definition) is 17. The number of piperidine rings is 1. The number of aliphatic hydroxyl groups excluding tert-OH is 2. The summed E-state index contributed by atoms with van der Waals surface area (Å²) in [7, 11) is 0.977. The zero-order valence-corrected chi connectivity index (χ0v) is 47.4. The Morgan fingerprint density at radius 3 is 2.27 bits per heavy atom. The molecule has 1 amide bonds. The second-order valence-corrected chi connectivity index (χ2v) is 23.6. The van der Waals surface area contributed by atoms with Crippen LogP contribution in [0.3, 0.4) is 0 Å². The maximum Gasteiger partial charge on any atom is 0.329 e. The van der Waals surface area contributed by atoms with Crippen molar-refractivity contribution in [2.24, 2.45) is 35.5 Å². The summed E-state index contributed by atoms with van der Waals surface area (Å²) in [5, 5.41) is 32.5. The van der Waals surface area contributed by atoms with E-state index < -0.39 is 103 Å². The van der Waals surface area contributed by atoms with Crippen molar-refractivity contribution in [1.82, 2.24) is 4.90 Å². The molecule has 1 saturated carbocycles. The molecule has 18 nitrogen and oxygen atoms in total. The Hall–Kier alpha value is -3.26. The number of aliphatic hydroxyl groups is 3. The topological polar surface area (TPSA) is 240 Å². The first-order valence-corrected chi connectivity index (χ1v) is 29.1. The van der Waals surface area contributed by atoms with Gasteiger partial charge in [-0.25, -0.2) is 4.79 Å². The Kier molecular flexibility index (Phi) is 26.4. The van der Waals surface area contributed by atoms with Crippen LogP contribution in [0, 0.1) is 35.5 Å². The molecule has 19 heteroatoms. The second-order valence-electron chi connectivity index (χ2n) is 21.6. The number of rotatable bonds is 14. The number of cyclic esters (lactones) is 1. The molecule has 0 radical (unpaired) electrons. The van der Waals surface area contributed by atoms with Crippen LogP contribution in [0.25, 0.3) is 0 Å². The SMILES string of the molecule is CO[C@H]1C[C@@H]2CC[C@@H](C)[C@@](O)(O2)C(=O)C(=O)N2CCCC[C@H]2C(=O)O[C@H]([C@H](C)C[C@@H]2CC[C@@H](OP(C)(=O)OCCOCCO)[C@H](OC)C2)CC(=O)[C@H](C)/C=C(\C)[C@@H](O)[C@@H](OC)C(=O)[C@H](C)C[C@H](C)/C=C/C=C/C=C/1C. The Morgan fingerprint density at radius 2 is 1.59 bits per heavy atom. The van der Waals surface area contributed by atoms with E-state index >= 15 is 0 Å².